The predicted molar refractivity (Wildman–Crippen MR) is 60.8 cm³/mol. The molecule has 1 atom stereocenters. The van der Waals surface area contributed by atoms with Crippen molar-refractivity contribution in [1.29, 1.82) is 0 Å². The fourth-order valence-electron chi connectivity index (χ4n) is 2.06. The Balaban J connectivity index is 1.92. The number of likely N-dealkylation sites (tertiary alicyclic amines) is 1. The van der Waals surface area contributed by atoms with E-state index < -0.39 is 5.82 Å². The van der Waals surface area contributed by atoms with Crippen LogP contribution in [-0.2, 0) is 6.54 Å². The molecule has 0 radical (unpaired) electrons. The molecule has 1 saturated heterocycles. The lowest BCUT2D eigenvalue weighted by atomic mass is 10.1. The Bertz CT molecular complexity index is 370. The second-order valence-corrected chi connectivity index (χ2v) is 4.38. The molecule has 3 nitrogen and oxygen atoms in total. The van der Waals surface area contributed by atoms with Crippen molar-refractivity contribution >= 4 is 0 Å². The van der Waals surface area contributed by atoms with Crippen molar-refractivity contribution in [3.63, 3.8) is 0 Å². The van der Waals surface area contributed by atoms with E-state index >= 15 is 0 Å². The Morgan fingerprint density at radius 2 is 2.38 bits per heavy atom. The Morgan fingerprint density at radius 3 is 3.06 bits per heavy atom. The molecule has 0 amide bonds. The van der Waals surface area contributed by atoms with Crippen molar-refractivity contribution < 1.29 is 9.50 Å². The molecule has 1 aromatic carbocycles. The molecular weight excluding hydrogens is 207 g/mol. The summed E-state index contributed by atoms with van der Waals surface area (Å²) in [6, 6.07) is 5.06. The number of likely N-dealkylation sites (N-methyl/N-ethyl adjacent to an activating group) is 1. The first-order chi connectivity index (χ1) is 7.66. The predicted octanol–water partition coefficient (Wildman–Crippen LogP) is 1.32. The fourth-order valence-corrected chi connectivity index (χ4v) is 2.06. The molecule has 1 unspecified atom stereocenters. The van der Waals surface area contributed by atoms with E-state index in [9.17, 15) is 9.50 Å². The number of halogens is 1. The SMILES string of the molecule is CN1CCC(NCc2cccc(F)c2O)C1. The van der Waals surface area contributed by atoms with Crippen LogP contribution >= 0.6 is 0 Å². The summed E-state index contributed by atoms with van der Waals surface area (Å²) in [4.78, 5) is 2.25. The Kier molecular flexibility index (Phi) is 3.41. The van der Waals surface area contributed by atoms with Crippen LogP contribution in [0.25, 0.3) is 0 Å². The monoisotopic (exact) mass is 224 g/mol. The Labute approximate surface area is 94.9 Å². The lowest BCUT2D eigenvalue weighted by Gasteiger charge is -2.13. The van der Waals surface area contributed by atoms with Crippen molar-refractivity contribution in [2.75, 3.05) is 20.1 Å². The highest BCUT2D eigenvalue weighted by atomic mass is 19.1. The van der Waals surface area contributed by atoms with E-state index in [0.717, 1.165) is 19.5 Å². The summed E-state index contributed by atoms with van der Waals surface area (Å²) in [5, 5.41) is 12.8. The zero-order valence-corrected chi connectivity index (χ0v) is 9.41. The van der Waals surface area contributed by atoms with Gasteiger partial charge in [-0.1, -0.05) is 12.1 Å². The molecule has 1 fully saturated rings. The molecule has 2 rings (SSSR count). The van der Waals surface area contributed by atoms with Gasteiger partial charge in [-0.2, -0.15) is 0 Å². The molecule has 1 heterocycles. The average molecular weight is 224 g/mol. The number of hydrogen-bond donors (Lipinski definition) is 2. The number of phenolic OH excluding ortho intramolecular Hbond substituents is 1. The van der Waals surface area contributed by atoms with E-state index in [1.807, 2.05) is 0 Å². The first-order valence-corrected chi connectivity index (χ1v) is 5.55. The third-order valence-corrected chi connectivity index (χ3v) is 3.04. The number of para-hydroxylation sites is 1. The van der Waals surface area contributed by atoms with Crippen LogP contribution in [0.4, 0.5) is 4.39 Å². The molecule has 4 heteroatoms. The number of rotatable bonds is 3. The molecule has 0 spiro atoms. The second kappa shape index (κ2) is 4.80. The number of hydrogen-bond acceptors (Lipinski definition) is 3. The molecule has 0 saturated carbocycles. The first kappa shape index (κ1) is 11.4. The maximum atomic E-state index is 13.1. The van der Waals surface area contributed by atoms with Crippen LogP contribution in [0.15, 0.2) is 18.2 Å². The van der Waals surface area contributed by atoms with E-state index in [-0.39, 0.29) is 5.75 Å². The topological polar surface area (TPSA) is 35.5 Å². The summed E-state index contributed by atoms with van der Waals surface area (Å²) in [7, 11) is 2.08. The highest BCUT2D eigenvalue weighted by molar-refractivity contribution is 5.33. The lowest BCUT2D eigenvalue weighted by molar-refractivity contribution is 0.393. The van der Waals surface area contributed by atoms with Crippen molar-refractivity contribution in [1.82, 2.24) is 10.2 Å². The van der Waals surface area contributed by atoms with Crippen molar-refractivity contribution in [3.05, 3.63) is 29.6 Å². The van der Waals surface area contributed by atoms with Gasteiger partial charge in [-0.05, 0) is 26.1 Å². The van der Waals surface area contributed by atoms with E-state index in [1.165, 1.54) is 6.07 Å². The summed E-state index contributed by atoms with van der Waals surface area (Å²) in [5.41, 5.74) is 0.620. The van der Waals surface area contributed by atoms with Crippen molar-refractivity contribution in [3.8, 4) is 5.75 Å². The van der Waals surface area contributed by atoms with Crippen LogP contribution in [0.5, 0.6) is 5.75 Å². The maximum Gasteiger partial charge on any atom is 0.165 e. The zero-order valence-electron chi connectivity index (χ0n) is 9.41. The molecule has 0 bridgehead atoms. The number of nitrogens with one attached hydrogen (secondary N) is 1. The maximum absolute atomic E-state index is 13.1. The highest BCUT2D eigenvalue weighted by Gasteiger charge is 2.19. The van der Waals surface area contributed by atoms with Gasteiger partial charge in [-0.25, -0.2) is 4.39 Å². The normalized spacial score (nSPS) is 21.5. The van der Waals surface area contributed by atoms with E-state index in [4.69, 9.17) is 0 Å². The molecule has 1 aromatic rings. The summed E-state index contributed by atoms with van der Waals surface area (Å²) in [5.74, 6) is -0.788. The number of phenols is 1. The summed E-state index contributed by atoms with van der Waals surface area (Å²) >= 11 is 0. The summed E-state index contributed by atoms with van der Waals surface area (Å²) in [6.07, 6.45) is 1.10. The largest absolute Gasteiger partial charge is 0.505 e. The molecule has 16 heavy (non-hydrogen) atoms. The minimum absolute atomic E-state index is 0.235. The second-order valence-electron chi connectivity index (χ2n) is 4.38. The third kappa shape index (κ3) is 2.51. The van der Waals surface area contributed by atoms with Gasteiger partial charge in [0.2, 0.25) is 0 Å². The fraction of sp³-hybridized carbons (Fsp3) is 0.500. The number of aromatic hydroxyl groups is 1. The first-order valence-electron chi connectivity index (χ1n) is 5.55. The minimum Gasteiger partial charge on any atom is -0.505 e. The minimum atomic E-state index is -0.553. The van der Waals surface area contributed by atoms with Gasteiger partial charge in [0.25, 0.3) is 0 Å². The third-order valence-electron chi connectivity index (χ3n) is 3.04. The zero-order chi connectivity index (χ0) is 11.5. The van der Waals surface area contributed by atoms with Gasteiger partial charge < -0.3 is 15.3 Å². The van der Waals surface area contributed by atoms with Gasteiger partial charge in [-0.3, -0.25) is 0 Å². The number of nitrogens with zero attached hydrogens (tertiary/aromatic N) is 1. The Morgan fingerprint density at radius 1 is 1.56 bits per heavy atom. The van der Waals surface area contributed by atoms with E-state index in [2.05, 4.69) is 17.3 Å². The van der Waals surface area contributed by atoms with Crippen molar-refractivity contribution in [2.45, 2.75) is 19.0 Å². The van der Waals surface area contributed by atoms with Gasteiger partial charge in [0.1, 0.15) is 0 Å². The van der Waals surface area contributed by atoms with Crippen LogP contribution in [0.2, 0.25) is 0 Å². The smallest absolute Gasteiger partial charge is 0.165 e. The van der Waals surface area contributed by atoms with Crippen molar-refractivity contribution in [2.24, 2.45) is 0 Å². The van der Waals surface area contributed by atoms with E-state index in [0.29, 0.717) is 18.2 Å². The van der Waals surface area contributed by atoms with Crippen LogP contribution in [0.3, 0.4) is 0 Å². The van der Waals surface area contributed by atoms with Gasteiger partial charge in [0.05, 0.1) is 0 Å². The molecule has 2 N–H and O–H groups in total. The molecule has 88 valence electrons. The lowest BCUT2D eigenvalue weighted by Crippen LogP contribution is -2.30. The van der Waals surface area contributed by atoms with Gasteiger partial charge in [0.15, 0.2) is 11.6 Å². The molecule has 0 aliphatic carbocycles. The molecule has 1 aliphatic rings. The summed E-state index contributed by atoms with van der Waals surface area (Å²) in [6.45, 7) is 2.62. The van der Waals surface area contributed by atoms with Crippen LogP contribution < -0.4 is 5.32 Å². The summed E-state index contributed by atoms with van der Waals surface area (Å²) < 4.78 is 13.1. The highest BCUT2D eigenvalue weighted by Crippen LogP contribution is 2.20. The molecular formula is C12H17FN2O. The standard InChI is InChI=1S/C12H17FN2O/c1-15-6-5-10(8-15)14-7-9-3-2-4-11(13)12(9)16/h2-4,10,14,16H,5-8H2,1H3. The number of benzene rings is 1. The molecule has 0 aromatic heterocycles. The molecule has 1 aliphatic heterocycles. The van der Waals surface area contributed by atoms with Crippen LogP contribution in [0.1, 0.15) is 12.0 Å². The average Bonchev–Trinajstić information content (AvgIpc) is 2.67. The van der Waals surface area contributed by atoms with Crippen LogP contribution in [-0.4, -0.2) is 36.2 Å². The van der Waals surface area contributed by atoms with Gasteiger partial charge in [0, 0.05) is 24.7 Å². The van der Waals surface area contributed by atoms with E-state index in [1.54, 1.807) is 12.1 Å². The van der Waals surface area contributed by atoms with Gasteiger partial charge in [-0.15, -0.1) is 0 Å². The Hall–Kier alpha value is -1.13. The quantitative estimate of drug-likeness (QED) is 0.813. The van der Waals surface area contributed by atoms with Gasteiger partial charge >= 0.3 is 0 Å². The van der Waals surface area contributed by atoms with Crippen LogP contribution in [0, 0.1) is 5.82 Å².